The summed E-state index contributed by atoms with van der Waals surface area (Å²) in [6.07, 6.45) is 0.962. The van der Waals surface area contributed by atoms with Crippen LogP contribution < -0.4 is 5.32 Å². The van der Waals surface area contributed by atoms with Gasteiger partial charge in [-0.3, -0.25) is 4.68 Å². The molecule has 0 aromatic carbocycles. The lowest BCUT2D eigenvalue weighted by molar-refractivity contribution is -0.148. The Labute approximate surface area is 109 Å². The lowest BCUT2D eigenvalue weighted by atomic mass is 10.0. The highest BCUT2D eigenvalue weighted by atomic mass is 16.5. The summed E-state index contributed by atoms with van der Waals surface area (Å²) in [7, 11) is 1.41. The summed E-state index contributed by atoms with van der Waals surface area (Å²) in [4.78, 5) is 11.9. The molecule has 1 heterocycles. The van der Waals surface area contributed by atoms with Gasteiger partial charge in [0, 0.05) is 5.69 Å². The Bertz CT molecular complexity index is 414. The van der Waals surface area contributed by atoms with Crippen molar-refractivity contribution < 1.29 is 9.53 Å². The van der Waals surface area contributed by atoms with Gasteiger partial charge in [0.1, 0.15) is 5.54 Å². The molecule has 1 aromatic heterocycles. The molecule has 0 amide bonds. The predicted octanol–water partition coefficient (Wildman–Crippen LogP) is 1.43. The van der Waals surface area contributed by atoms with E-state index in [1.165, 1.54) is 7.11 Å². The fraction of sp³-hybridized carbons (Fsp3) is 0.692. The molecule has 0 radical (unpaired) electrons. The van der Waals surface area contributed by atoms with E-state index in [2.05, 4.69) is 17.3 Å². The van der Waals surface area contributed by atoms with Crippen molar-refractivity contribution in [3.63, 3.8) is 0 Å². The van der Waals surface area contributed by atoms with Crippen molar-refractivity contribution in [3.05, 3.63) is 17.5 Å². The Morgan fingerprint density at radius 3 is 2.67 bits per heavy atom. The molecule has 0 spiro atoms. The number of nitrogens with zero attached hydrogens (tertiary/aromatic N) is 2. The average Bonchev–Trinajstić information content (AvgIpc) is 2.64. The Balaban J connectivity index is 2.90. The van der Waals surface area contributed by atoms with E-state index in [0.29, 0.717) is 6.54 Å². The maximum atomic E-state index is 11.9. The molecule has 1 aromatic rings. The van der Waals surface area contributed by atoms with Crippen LogP contribution in [0.15, 0.2) is 6.07 Å². The molecule has 0 aliphatic rings. The van der Waals surface area contributed by atoms with E-state index in [4.69, 9.17) is 4.74 Å². The summed E-state index contributed by atoms with van der Waals surface area (Å²) in [5, 5.41) is 7.63. The van der Waals surface area contributed by atoms with Crippen LogP contribution >= 0.6 is 0 Å². The highest BCUT2D eigenvalue weighted by molar-refractivity contribution is 5.80. The van der Waals surface area contributed by atoms with Gasteiger partial charge >= 0.3 is 5.97 Å². The van der Waals surface area contributed by atoms with Crippen LogP contribution in [0.5, 0.6) is 0 Å². The lowest BCUT2D eigenvalue weighted by Crippen LogP contribution is -2.53. The molecule has 0 aliphatic carbocycles. The molecular weight excluding hydrogens is 230 g/mol. The lowest BCUT2D eigenvalue weighted by Gasteiger charge is -2.28. The molecule has 0 aliphatic heterocycles. The van der Waals surface area contributed by atoms with Gasteiger partial charge in [0.25, 0.3) is 0 Å². The van der Waals surface area contributed by atoms with Crippen LogP contribution in [0.3, 0.4) is 0 Å². The first-order valence-electron chi connectivity index (χ1n) is 6.27. The number of aryl methyl sites for hydroxylation is 2. The van der Waals surface area contributed by atoms with Gasteiger partial charge < -0.3 is 10.1 Å². The van der Waals surface area contributed by atoms with Gasteiger partial charge in [0.05, 0.1) is 19.3 Å². The predicted molar refractivity (Wildman–Crippen MR) is 70.4 cm³/mol. The van der Waals surface area contributed by atoms with Crippen LogP contribution in [0.25, 0.3) is 0 Å². The maximum Gasteiger partial charge on any atom is 0.327 e. The molecule has 5 nitrogen and oxygen atoms in total. The van der Waals surface area contributed by atoms with Crippen molar-refractivity contribution in [2.24, 2.45) is 0 Å². The van der Waals surface area contributed by atoms with Crippen LogP contribution in [0.1, 0.15) is 31.7 Å². The summed E-state index contributed by atoms with van der Waals surface area (Å²) >= 11 is 0. The third kappa shape index (κ3) is 3.32. The number of carbonyl (C=O) groups excluding carboxylic acids is 1. The van der Waals surface area contributed by atoms with Crippen LogP contribution in [0, 0.1) is 13.8 Å². The zero-order valence-corrected chi connectivity index (χ0v) is 11.9. The highest BCUT2D eigenvalue weighted by Gasteiger charge is 2.34. The van der Waals surface area contributed by atoms with Crippen molar-refractivity contribution in [2.45, 2.75) is 46.2 Å². The van der Waals surface area contributed by atoms with Gasteiger partial charge in [-0.25, -0.2) is 4.79 Å². The third-order valence-electron chi connectivity index (χ3n) is 2.97. The smallest absolute Gasteiger partial charge is 0.327 e. The number of esters is 1. The Hall–Kier alpha value is -1.36. The molecule has 1 N–H and O–H groups in total. The van der Waals surface area contributed by atoms with Crippen molar-refractivity contribution in [1.82, 2.24) is 15.1 Å². The molecule has 0 saturated heterocycles. The zero-order chi connectivity index (χ0) is 13.8. The largest absolute Gasteiger partial charge is 0.468 e. The quantitative estimate of drug-likeness (QED) is 0.779. The molecule has 1 unspecified atom stereocenters. The summed E-state index contributed by atoms with van der Waals surface area (Å²) in [5.41, 5.74) is 1.25. The van der Waals surface area contributed by atoms with E-state index in [1.54, 1.807) is 0 Å². The molecule has 18 heavy (non-hydrogen) atoms. The molecule has 0 fully saturated rings. The number of ether oxygens (including phenoxy) is 1. The Morgan fingerprint density at radius 2 is 2.22 bits per heavy atom. The Morgan fingerprint density at radius 1 is 1.56 bits per heavy atom. The molecular formula is C13H23N3O2. The van der Waals surface area contributed by atoms with E-state index in [-0.39, 0.29) is 5.97 Å². The summed E-state index contributed by atoms with van der Waals surface area (Å²) in [5.74, 6) is -0.261. The van der Waals surface area contributed by atoms with Gasteiger partial charge in [-0.1, -0.05) is 6.92 Å². The highest BCUT2D eigenvalue weighted by Crippen LogP contribution is 2.13. The number of nitrogens with one attached hydrogen (secondary N) is 1. The fourth-order valence-electron chi connectivity index (χ4n) is 1.95. The van der Waals surface area contributed by atoms with Crippen molar-refractivity contribution in [1.29, 1.82) is 0 Å². The standard InChI is InChI=1S/C13H23N3O2/c1-6-7-14-13(4,12(17)18-5)9-16-11(3)8-10(2)15-16/h8,14H,6-7,9H2,1-5H3. The first-order valence-corrected chi connectivity index (χ1v) is 6.27. The van der Waals surface area contributed by atoms with Gasteiger partial charge in [-0.2, -0.15) is 5.10 Å². The minimum absolute atomic E-state index is 0.261. The third-order valence-corrected chi connectivity index (χ3v) is 2.97. The van der Waals surface area contributed by atoms with Crippen LogP contribution in [-0.4, -0.2) is 34.9 Å². The van der Waals surface area contributed by atoms with Crippen LogP contribution in [-0.2, 0) is 16.1 Å². The zero-order valence-electron chi connectivity index (χ0n) is 11.9. The summed E-state index contributed by atoms with van der Waals surface area (Å²) in [6.45, 7) is 9.08. The van der Waals surface area contributed by atoms with Crippen LogP contribution in [0.4, 0.5) is 0 Å². The van der Waals surface area contributed by atoms with Gasteiger partial charge in [0.15, 0.2) is 0 Å². The molecule has 0 saturated carbocycles. The number of aromatic nitrogens is 2. The summed E-state index contributed by atoms with van der Waals surface area (Å²) in [6, 6.07) is 2.00. The van der Waals surface area contributed by atoms with Gasteiger partial charge in [-0.15, -0.1) is 0 Å². The number of methoxy groups -OCH3 is 1. The normalized spacial score (nSPS) is 14.3. The molecule has 5 heteroatoms. The SMILES string of the molecule is CCCNC(C)(Cn1nc(C)cc1C)C(=O)OC. The maximum absolute atomic E-state index is 11.9. The monoisotopic (exact) mass is 253 g/mol. The van der Waals surface area contributed by atoms with E-state index >= 15 is 0 Å². The van der Waals surface area contributed by atoms with Crippen molar-refractivity contribution >= 4 is 5.97 Å². The number of carbonyl (C=O) groups is 1. The van der Waals surface area contributed by atoms with E-state index < -0.39 is 5.54 Å². The summed E-state index contributed by atoms with van der Waals surface area (Å²) < 4.78 is 6.73. The second kappa shape index (κ2) is 6.00. The van der Waals surface area contributed by atoms with E-state index in [0.717, 1.165) is 24.4 Å². The van der Waals surface area contributed by atoms with Gasteiger partial charge in [-0.05, 0) is 39.8 Å². The molecule has 0 bridgehead atoms. The van der Waals surface area contributed by atoms with Crippen LogP contribution in [0.2, 0.25) is 0 Å². The number of hydrogen-bond donors (Lipinski definition) is 1. The van der Waals surface area contributed by atoms with Gasteiger partial charge in [0.2, 0.25) is 0 Å². The second-order valence-corrected chi connectivity index (χ2v) is 4.84. The molecule has 1 rings (SSSR count). The first kappa shape index (κ1) is 14.7. The second-order valence-electron chi connectivity index (χ2n) is 4.84. The number of hydrogen-bond acceptors (Lipinski definition) is 4. The van der Waals surface area contributed by atoms with Crippen molar-refractivity contribution in [2.75, 3.05) is 13.7 Å². The average molecular weight is 253 g/mol. The van der Waals surface area contributed by atoms with E-state index in [9.17, 15) is 4.79 Å². The number of rotatable bonds is 6. The topological polar surface area (TPSA) is 56.2 Å². The molecule has 1 atom stereocenters. The van der Waals surface area contributed by atoms with E-state index in [1.807, 2.05) is 31.5 Å². The van der Waals surface area contributed by atoms with Crippen molar-refractivity contribution in [3.8, 4) is 0 Å². The fourth-order valence-corrected chi connectivity index (χ4v) is 1.95. The minimum atomic E-state index is -0.742. The molecule has 102 valence electrons. The Kier molecular flexibility index (Phi) is 4.90. The first-order chi connectivity index (χ1) is 8.42. The minimum Gasteiger partial charge on any atom is -0.468 e.